The van der Waals surface area contributed by atoms with Gasteiger partial charge in [0.1, 0.15) is 11.6 Å². The molecule has 4 atom stereocenters. The third-order valence-corrected chi connectivity index (χ3v) is 8.10. The van der Waals surface area contributed by atoms with E-state index < -0.39 is 17.9 Å². The van der Waals surface area contributed by atoms with Crippen molar-refractivity contribution in [1.29, 1.82) is 0 Å². The molecule has 0 saturated heterocycles. The second kappa shape index (κ2) is 17.0. The zero-order chi connectivity index (χ0) is 33.1. The van der Waals surface area contributed by atoms with Gasteiger partial charge in [0.2, 0.25) is 0 Å². The number of aliphatic hydroxyl groups is 1. The molecule has 1 aliphatic heterocycles. The number of likely N-dealkylation sites (N-methyl/N-ethyl adjacent to an activating group) is 1. The number of benzene rings is 2. The van der Waals surface area contributed by atoms with Gasteiger partial charge in [-0.2, -0.15) is 0 Å². The summed E-state index contributed by atoms with van der Waals surface area (Å²) in [6, 6.07) is 13.4. The van der Waals surface area contributed by atoms with Crippen LogP contribution in [-0.4, -0.2) is 83.4 Å². The molecule has 3 aromatic rings. The lowest BCUT2D eigenvalue weighted by atomic mass is 10.0. The molecular formula is C35H46FN5O5. The van der Waals surface area contributed by atoms with Crippen molar-refractivity contribution in [1.82, 2.24) is 14.8 Å². The van der Waals surface area contributed by atoms with E-state index in [2.05, 4.69) is 34.5 Å². The summed E-state index contributed by atoms with van der Waals surface area (Å²) >= 11 is 0. The van der Waals surface area contributed by atoms with E-state index in [1.807, 2.05) is 19.1 Å². The molecule has 2 heterocycles. The number of nitrogens with zero attached hydrogens (tertiary/aromatic N) is 3. The number of urea groups is 1. The Morgan fingerprint density at radius 2 is 1.78 bits per heavy atom. The fourth-order valence-electron chi connectivity index (χ4n) is 5.46. The molecule has 11 heteroatoms. The quantitative estimate of drug-likeness (QED) is 0.287. The van der Waals surface area contributed by atoms with Crippen LogP contribution >= 0.6 is 0 Å². The first-order valence-electron chi connectivity index (χ1n) is 15.9. The van der Waals surface area contributed by atoms with Crippen LogP contribution in [0.25, 0.3) is 0 Å². The van der Waals surface area contributed by atoms with Crippen LogP contribution < -0.4 is 15.4 Å². The lowest BCUT2D eigenvalue weighted by molar-refractivity contribution is -0.0177. The van der Waals surface area contributed by atoms with Gasteiger partial charge in [0.05, 0.1) is 30.4 Å². The fraction of sp³-hybridized carbons (Fsp3) is 0.457. The predicted octanol–water partition coefficient (Wildman–Crippen LogP) is 5.79. The van der Waals surface area contributed by atoms with Crippen molar-refractivity contribution in [2.24, 2.45) is 5.92 Å². The number of anilines is 2. The lowest BCUT2D eigenvalue weighted by Crippen LogP contribution is -2.47. The van der Waals surface area contributed by atoms with Crippen LogP contribution in [0.2, 0.25) is 0 Å². The van der Waals surface area contributed by atoms with E-state index in [1.54, 1.807) is 42.4 Å². The molecule has 0 aliphatic carbocycles. The molecular weight excluding hydrogens is 589 g/mol. The summed E-state index contributed by atoms with van der Waals surface area (Å²) < 4.78 is 26.0. The number of aliphatic hydroxyl groups excluding tert-OH is 1. The SMILES string of the molecule is C[C@@H]1CCCCO[C@@H](CN(C)Cc2ccncc2)[C@@H](C)CN([C@H](C)CO)C(=O)c2cc(NC(=O)Nc3ccc(F)cc3)ccc2O1. The smallest absolute Gasteiger partial charge is 0.323 e. The predicted molar refractivity (Wildman–Crippen MR) is 176 cm³/mol. The van der Waals surface area contributed by atoms with E-state index in [9.17, 15) is 19.1 Å². The highest BCUT2D eigenvalue weighted by atomic mass is 19.1. The molecule has 46 heavy (non-hydrogen) atoms. The van der Waals surface area contributed by atoms with Gasteiger partial charge in [0.15, 0.2) is 0 Å². The van der Waals surface area contributed by atoms with Gasteiger partial charge in [-0.15, -0.1) is 0 Å². The Balaban J connectivity index is 1.58. The Morgan fingerprint density at radius 1 is 1.09 bits per heavy atom. The van der Waals surface area contributed by atoms with Crippen molar-refractivity contribution in [3.05, 3.63) is 83.9 Å². The number of pyridine rings is 1. The Bertz CT molecular complexity index is 1410. The minimum absolute atomic E-state index is 0.0631. The highest BCUT2D eigenvalue weighted by Crippen LogP contribution is 2.29. The zero-order valence-electron chi connectivity index (χ0n) is 27.1. The first-order chi connectivity index (χ1) is 22.1. The largest absolute Gasteiger partial charge is 0.490 e. The number of nitrogens with one attached hydrogen (secondary N) is 2. The Morgan fingerprint density at radius 3 is 2.50 bits per heavy atom. The average Bonchev–Trinajstić information content (AvgIpc) is 3.04. The van der Waals surface area contributed by atoms with Gasteiger partial charge < -0.3 is 30.1 Å². The molecule has 0 unspecified atom stereocenters. The maximum absolute atomic E-state index is 14.3. The van der Waals surface area contributed by atoms with Gasteiger partial charge in [-0.1, -0.05) is 6.92 Å². The van der Waals surface area contributed by atoms with E-state index >= 15 is 0 Å². The first-order valence-corrected chi connectivity index (χ1v) is 15.9. The average molecular weight is 636 g/mol. The standard InChI is InChI=1S/C35H46FN5O5/c1-24-20-41(25(2)23-42)34(43)31-19-30(39-35(44)38-29-10-8-28(36)9-11-29)12-13-32(31)46-26(3)7-5-6-18-45-33(24)22-40(4)21-27-14-16-37-17-15-27/h8-17,19,24-26,33,42H,5-7,18,20-23H2,1-4H3,(H2,38,39,44)/t24-,25+,26+,33-/m0/s1. The molecule has 1 aliphatic rings. The van der Waals surface area contributed by atoms with Crippen LogP contribution in [-0.2, 0) is 11.3 Å². The molecule has 4 rings (SSSR count). The van der Waals surface area contributed by atoms with Crippen molar-refractivity contribution in [2.75, 3.05) is 44.0 Å². The van der Waals surface area contributed by atoms with Crippen LogP contribution in [0.3, 0.4) is 0 Å². The normalized spacial score (nSPS) is 20.3. The van der Waals surface area contributed by atoms with Gasteiger partial charge in [-0.25, -0.2) is 9.18 Å². The van der Waals surface area contributed by atoms with Gasteiger partial charge in [-0.3, -0.25) is 14.7 Å². The second-order valence-electron chi connectivity index (χ2n) is 12.1. The summed E-state index contributed by atoms with van der Waals surface area (Å²) in [5, 5.41) is 15.6. The number of carbonyl (C=O) groups excluding carboxylic acids is 2. The third kappa shape index (κ3) is 10.2. The molecule has 0 radical (unpaired) electrons. The maximum Gasteiger partial charge on any atom is 0.323 e. The van der Waals surface area contributed by atoms with E-state index in [-0.39, 0.29) is 36.2 Å². The number of fused-ring (bicyclic) bond motifs is 1. The molecule has 3 N–H and O–H groups in total. The molecule has 0 bridgehead atoms. The lowest BCUT2D eigenvalue weighted by Gasteiger charge is -2.36. The van der Waals surface area contributed by atoms with Crippen LogP contribution in [0.1, 0.15) is 56.0 Å². The van der Waals surface area contributed by atoms with Crippen LogP contribution in [0, 0.1) is 11.7 Å². The number of rotatable bonds is 8. The fourth-order valence-corrected chi connectivity index (χ4v) is 5.46. The maximum atomic E-state index is 14.3. The number of amides is 3. The van der Waals surface area contributed by atoms with E-state index in [1.165, 1.54) is 24.3 Å². The van der Waals surface area contributed by atoms with Crippen molar-refractivity contribution in [3.8, 4) is 5.75 Å². The number of ether oxygens (including phenoxy) is 2. The summed E-state index contributed by atoms with van der Waals surface area (Å²) in [4.78, 5) is 35.0. The zero-order valence-corrected chi connectivity index (χ0v) is 27.1. The molecule has 3 amide bonds. The molecule has 1 aromatic heterocycles. The topological polar surface area (TPSA) is 116 Å². The number of carbonyl (C=O) groups is 2. The molecule has 0 spiro atoms. The van der Waals surface area contributed by atoms with Gasteiger partial charge in [-0.05, 0) is 100 Å². The van der Waals surface area contributed by atoms with Gasteiger partial charge in [0.25, 0.3) is 5.91 Å². The van der Waals surface area contributed by atoms with Gasteiger partial charge >= 0.3 is 6.03 Å². The Kier molecular flexibility index (Phi) is 12.9. The van der Waals surface area contributed by atoms with E-state index in [0.29, 0.717) is 36.8 Å². The number of hydrogen-bond acceptors (Lipinski definition) is 7. The number of halogens is 1. The van der Waals surface area contributed by atoms with Gasteiger partial charge in [0, 0.05) is 55.9 Å². The number of hydrogen-bond donors (Lipinski definition) is 3. The summed E-state index contributed by atoms with van der Waals surface area (Å²) in [6.07, 6.45) is 5.79. The van der Waals surface area contributed by atoms with Crippen LogP contribution in [0.4, 0.5) is 20.6 Å². The monoisotopic (exact) mass is 635 g/mol. The van der Waals surface area contributed by atoms with Crippen molar-refractivity contribution < 1.29 is 28.6 Å². The summed E-state index contributed by atoms with van der Waals surface area (Å²) in [6.45, 7) is 7.95. The molecule has 10 nitrogen and oxygen atoms in total. The first kappa shape index (κ1) is 34.8. The number of aromatic nitrogens is 1. The minimum atomic E-state index is -0.542. The molecule has 248 valence electrons. The third-order valence-electron chi connectivity index (χ3n) is 8.10. The highest BCUT2D eigenvalue weighted by molar-refractivity contribution is 6.02. The summed E-state index contributed by atoms with van der Waals surface area (Å²) in [7, 11) is 2.05. The van der Waals surface area contributed by atoms with E-state index in [0.717, 1.165) is 31.4 Å². The molecule has 2 aromatic carbocycles. The summed E-state index contributed by atoms with van der Waals surface area (Å²) in [5.41, 5.74) is 2.24. The molecule has 0 fully saturated rings. The Hall–Kier alpha value is -4.06. The van der Waals surface area contributed by atoms with Crippen LogP contribution in [0.5, 0.6) is 5.75 Å². The highest BCUT2D eigenvalue weighted by Gasteiger charge is 2.30. The summed E-state index contributed by atoms with van der Waals surface area (Å²) in [5.74, 6) is -0.381. The van der Waals surface area contributed by atoms with Crippen molar-refractivity contribution >= 4 is 23.3 Å². The van der Waals surface area contributed by atoms with E-state index in [4.69, 9.17) is 9.47 Å². The van der Waals surface area contributed by atoms with Crippen LogP contribution in [0.15, 0.2) is 67.0 Å². The second-order valence-corrected chi connectivity index (χ2v) is 12.1. The van der Waals surface area contributed by atoms with Crippen molar-refractivity contribution in [2.45, 2.75) is 64.8 Å². The molecule has 0 saturated carbocycles. The Labute approximate surface area is 270 Å². The van der Waals surface area contributed by atoms with Crippen molar-refractivity contribution in [3.63, 3.8) is 0 Å². The minimum Gasteiger partial charge on any atom is -0.490 e.